The number of carbonyl (C=O) groups is 1. The summed E-state index contributed by atoms with van der Waals surface area (Å²) in [6.45, 7) is 1.87. The van der Waals surface area contributed by atoms with Crippen molar-refractivity contribution in [3.8, 4) is 5.75 Å². The van der Waals surface area contributed by atoms with Crippen molar-refractivity contribution in [2.45, 2.75) is 19.0 Å². The van der Waals surface area contributed by atoms with Gasteiger partial charge in [-0.25, -0.2) is 9.07 Å². The predicted molar refractivity (Wildman–Crippen MR) is 103 cm³/mol. The van der Waals surface area contributed by atoms with Crippen LogP contribution in [0, 0.1) is 11.7 Å². The van der Waals surface area contributed by atoms with Crippen LogP contribution in [-0.2, 0) is 4.79 Å². The van der Waals surface area contributed by atoms with Gasteiger partial charge >= 0.3 is 0 Å². The molecule has 0 spiro atoms. The van der Waals surface area contributed by atoms with E-state index >= 15 is 0 Å². The van der Waals surface area contributed by atoms with Gasteiger partial charge in [-0.15, -0.1) is 0 Å². The van der Waals surface area contributed by atoms with Gasteiger partial charge in [0.1, 0.15) is 17.9 Å². The van der Waals surface area contributed by atoms with Crippen LogP contribution in [0.3, 0.4) is 0 Å². The number of methoxy groups -OCH3 is 1. The Bertz CT molecular complexity index is 1010. The maximum Gasteiger partial charge on any atom is 0.232 e. The molecule has 0 fully saturated rings. The fourth-order valence-electron chi connectivity index (χ4n) is 3.65. The van der Waals surface area contributed by atoms with Gasteiger partial charge in [0.15, 0.2) is 0 Å². The molecule has 0 radical (unpaired) electrons. The van der Waals surface area contributed by atoms with Crippen LogP contribution in [0.25, 0.3) is 0 Å². The Balaban J connectivity index is 1.75. The second kappa shape index (κ2) is 7.30. The number of para-hydroxylation sites is 2. The zero-order chi connectivity index (χ0) is 19.7. The van der Waals surface area contributed by atoms with Gasteiger partial charge in [-0.2, -0.15) is 10.1 Å². The number of fused-ring (bicyclic) bond motifs is 1. The third-order valence-electron chi connectivity index (χ3n) is 4.96. The number of carbonyl (C=O) groups excluding carboxylic acids is 1. The number of hydrogen-bond acceptors (Lipinski definition) is 5. The lowest BCUT2D eigenvalue weighted by Gasteiger charge is -2.37. The molecule has 2 aromatic carbocycles. The molecule has 0 saturated carbocycles. The number of ether oxygens (including phenoxy) is 1. The standard InChI is InChI=1S/C20H20FN5O2/c1-12-17(19(27)25-15-9-5-6-10-16(15)28-2)18(13-7-3-4-8-14(13)21)26-20(24-12)22-11-23-26/h3-12,17-18H,1-2H3,(H,25,27)(H,22,23,24). The Kier molecular flexibility index (Phi) is 4.68. The van der Waals surface area contributed by atoms with E-state index in [9.17, 15) is 9.18 Å². The SMILES string of the molecule is COc1ccccc1NC(=O)C1C(C)Nc2ncnn2C1c1ccccc1F. The maximum atomic E-state index is 14.7. The molecule has 7 nitrogen and oxygen atoms in total. The fourth-order valence-corrected chi connectivity index (χ4v) is 3.65. The van der Waals surface area contributed by atoms with Crippen molar-refractivity contribution >= 4 is 17.5 Å². The zero-order valence-electron chi connectivity index (χ0n) is 15.5. The Hall–Kier alpha value is -3.42. The van der Waals surface area contributed by atoms with E-state index in [4.69, 9.17) is 4.74 Å². The van der Waals surface area contributed by atoms with Gasteiger partial charge in [-0.3, -0.25) is 4.79 Å². The molecule has 2 heterocycles. The molecule has 0 saturated heterocycles. The highest BCUT2D eigenvalue weighted by Crippen LogP contribution is 2.38. The summed E-state index contributed by atoms with van der Waals surface area (Å²) in [6.07, 6.45) is 1.39. The van der Waals surface area contributed by atoms with Crippen molar-refractivity contribution in [3.05, 3.63) is 66.2 Å². The van der Waals surface area contributed by atoms with E-state index < -0.39 is 17.8 Å². The summed E-state index contributed by atoms with van der Waals surface area (Å²) in [7, 11) is 1.54. The first-order valence-corrected chi connectivity index (χ1v) is 8.94. The summed E-state index contributed by atoms with van der Waals surface area (Å²) in [4.78, 5) is 17.5. The van der Waals surface area contributed by atoms with E-state index in [1.807, 2.05) is 19.1 Å². The maximum absolute atomic E-state index is 14.7. The zero-order valence-corrected chi connectivity index (χ0v) is 15.5. The van der Waals surface area contributed by atoms with Gasteiger partial charge < -0.3 is 15.4 Å². The molecule has 144 valence electrons. The van der Waals surface area contributed by atoms with Crippen LogP contribution in [0.5, 0.6) is 5.75 Å². The van der Waals surface area contributed by atoms with Crippen LogP contribution in [0.4, 0.5) is 16.0 Å². The first-order valence-electron chi connectivity index (χ1n) is 8.94. The summed E-state index contributed by atoms with van der Waals surface area (Å²) in [5.41, 5.74) is 0.946. The minimum Gasteiger partial charge on any atom is -0.495 e. The molecule has 8 heteroatoms. The summed E-state index contributed by atoms with van der Waals surface area (Å²) >= 11 is 0. The largest absolute Gasteiger partial charge is 0.495 e. The monoisotopic (exact) mass is 381 g/mol. The number of amides is 1. The molecule has 4 rings (SSSR count). The summed E-state index contributed by atoms with van der Waals surface area (Å²) in [6, 6.07) is 12.7. The van der Waals surface area contributed by atoms with Crippen LogP contribution in [0.15, 0.2) is 54.9 Å². The van der Waals surface area contributed by atoms with E-state index in [0.717, 1.165) is 0 Å². The number of halogens is 1. The normalized spacial score (nSPS) is 20.8. The minimum absolute atomic E-state index is 0.265. The van der Waals surface area contributed by atoms with Gasteiger partial charge in [0.25, 0.3) is 0 Å². The number of anilines is 2. The number of aromatic nitrogens is 3. The van der Waals surface area contributed by atoms with Crippen molar-refractivity contribution in [3.63, 3.8) is 0 Å². The molecule has 0 bridgehead atoms. The van der Waals surface area contributed by atoms with Crippen molar-refractivity contribution in [1.29, 1.82) is 0 Å². The smallest absolute Gasteiger partial charge is 0.232 e. The Morgan fingerprint density at radius 2 is 1.96 bits per heavy atom. The van der Waals surface area contributed by atoms with Crippen molar-refractivity contribution in [1.82, 2.24) is 14.8 Å². The Morgan fingerprint density at radius 1 is 1.21 bits per heavy atom. The van der Waals surface area contributed by atoms with Crippen LogP contribution in [-0.4, -0.2) is 33.8 Å². The first kappa shape index (κ1) is 18.0. The number of rotatable bonds is 4. The van der Waals surface area contributed by atoms with Crippen molar-refractivity contribution < 1.29 is 13.9 Å². The molecule has 1 aromatic heterocycles. The summed E-state index contributed by atoms with van der Waals surface area (Å²) in [5.74, 6) is -0.230. The molecule has 2 N–H and O–H groups in total. The highest BCUT2D eigenvalue weighted by Gasteiger charge is 2.42. The second-order valence-electron chi connectivity index (χ2n) is 6.64. The topological polar surface area (TPSA) is 81.1 Å². The van der Waals surface area contributed by atoms with Crippen LogP contribution < -0.4 is 15.4 Å². The summed E-state index contributed by atoms with van der Waals surface area (Å²) < 4.78 is 21.5. The molecule has 0 aliphatic carbocycles. The van der Waals surface area contributed by atoms with Gasteiger partial charge in [0.2, 0.25) is 11.9 Å². The highest BCUT2D eigenvalue weighted by molar-refractivity contribution is 5.95. The van der Waals surface area contributed by atoms with E-state index in [2.05, 4.69) is 20.7 Å². The Morgan fingerprint density at radius 3 is 2.75 bits per heavy atom. The van der Waals surface area contributed by atoms with Crippen molar-refractivity contribution in [2.24, 2.45) is 5.92 Å². The predicted octanol–water partition coefficient (Wildman–Crippen LogP) is 3.08. The van der Waals surface area contributed by atoms with E-state index in [0.29, 0.717) is 22.9 Å². The average molecular weight is 381 g/mol. The molecular formula is C20H20FN5O2. The lowest BCUT2D eigenvalue weighted by atomic mass is 9.85. The lowest BCUT2D eigenvalue weighted by molar-refractivity contribution is -0.121. The molecule has 3 aromatic rings. The van der Waals surface area contributed by atoms with Crippen LogP contribution in [0.1, 0.15) is 18.5 Å². The molecule has 1 aliphatic rings. The molecule has 1 aliphatic heterocycles. The highest BCUT2D eigenvalue weighted by atomic mass is 19.1. The quantitative estimate of drug-likeness (QED) is 0.726. The minimum atomic E-state index is -0.635. The van der Waals surface area contributed by atoms with E-state index in [1.165, 1.54) is 12.4 Å². The third kappa shape index (κ3) is 3.06. The molecule has 3 atom stereocenters. The van der Waals surface area contributed by atoms with Gasteiger partial charge in [0, 0.05) is 11.6 Å². The summed E-state index contributed by atoms with van der Waals surface area (Å²) in [5, 5.41) is 10.3. The molecule has 3 unspecified atom stereocenters. The molecule has 1 amide bonds. The van der Waals surface area contributed by atoms with E-state index in [1.54, 1.807) is 42.1 Å². The second-order valence-corrected chi connectivity index (χ2v) is 6.64. The molecule has 28 heavy (non-hydrogen) atoms. The van der Waals surface area contributed by atoms with Gasteiger partial charge in [0.05, 0.1) is 24.8 Å². The number of nitrogens with zero attached hydrogens (tertiary/aromatic N) is 3. The molecular weight excluding hydrogens is 361 g/mol. The number of nitrogens with one attached hydrogen (secondary N) is 2. The van der Waals surface area contributed by atoms with Gasteiger partial charge in [-0.1, -0.05) is 30.3 Å². The van der Waals surface area contributed by atoms with Gasteiger partial charge in [-0.05, 0) is 25.1 Å². The Labute approximate surface area is 161 Å². The third-order valence-corrected chi connectivity index (χ3v) is 4.96. The van der Waals surface area contributed by atoms with Crippen LogP contribution in [0.2, 0.25) is 0 Å². The average Bonchev–Trinajstić information content (AvgIpc) is 3.16. The lowest BCUT2D eigenvalue weighted by Crippen LogP contribution is -2.47. The van der Waals surface area contributed by atoms with Crippen molar-refractivity contribution in [2.75, 3.05) is 17.7 Å². The number of hydrogen-bond donors (Lipinski definition) is 2. The van der Waals surface area contributed by atoms with E-state index in [-0.39, 0.29) is 11.9 Å². The fraction of sp³-hybridized carbons (Fsp3) is 0.250. The van der Waals surface area contributed by atoms with Crippen LogP contribution >= 0.6 is 0 Å². The number of benzene rings is 2. The first-order chi connectivity index (χ1) is 13.6.